The summed E-state index contributed by atoms with van der Waals surface area (Å²) in [6.07, 6.45) is 1.60. The molecule has 0 radical (unpaired) electrons. The highest BCUT2D eigenvalue weighted by atomic mass is 79.9. The van der Waals surface area contributed by atoms with Crippen LogP contribution in [-0.2, 0) is 13.7 Å². The highest BCUT2D eigenvalue weighted by Gasteiger charge is 2.10. The third-order valence-corrected chi connectivity index (χ3v) is 2.98. The molecule has 0 unspecified atom stereocenters. The van der Waals surface area contributed by atoms with Crippen LogP contribution in [0.25, 0.3) is 0 Å². The molecule has 0 atom stereocenters. The lowest BCUT2D eigenvalue weighted by Gasteiger charge is -2.09. The summed E-state index contributed by atoms with van der Waals surface area (Å²) in [5, 5.41) is 7.68. The number of aryl methyl sites for hydroxylation is 1. The summed E-state index contributed by atoms with van der Waals surface area (Å²) in [7, 11) is 1.84. The van der Waals surface area contributed by atoms with Gasteiger partial charge in [0, 0.05) is 11.5 Å². The topological polar surface area (TPSA) is 57.0 Å². The average molecular weight is 310 g/mol. The second-order valence-corrected chi connectivity index (χ2v) is 4.76. The Balaban J connectivity index is 2.20. The van der Waals surface area contributed by atoms with Crippen LogP contribution >= 0.6 is 15.9 Å². The number of ketones is 1. The fourth-order valence-electron chi connectivity index (χ4n) is 1.49. The summed E-state index contributed by atoms with van der Waals surface area (Å²) in [5.41, 5.74) is 0.556. The fourth-order valence-corrected chi connectivity index (χ4v) is 1.83. The van der Waals surface area contributed by atoms with Gasteiger partial charge in [-0.3, -0.25) is 4.79 Å². The van der Waals surface area contributed by atoms with E-state index >= 15 is 0 Å². The van der Waals surface area contributed by atoms with Gasteiger partial charge in [-0.05, 0) is 25.1 Å². The van der Waals surface area contributed by atoms with Gasteiger partial charge in [0.25, 0.3) is 0 Å². The molecule has 0 N–H and O–H groups in total. The number of Topliss-reactive ketones (excluding diaryl/α,β-unsaturated/α-hetero) is 1. The van der Waals surface area contributed by atoms with Crippen molar-refractivity contribution in [1.29, 1.82) is 0 Å². The maximum absolute atomic E-state index is 11.5. The van der Waals surface area contributed by atoms with Gasteiger partial charge in [-0.2, -0.15) is 0 Å². The van der Waals surface area contributed by atoms with E-state index in [2.05, 4.69) is 26.1 Å². The number of carbonyl (C=O) groups excluding carboxylic acids is 1. The van der Waals surface area contributed by atoms with E-state index in [4.69, 9.17) is 4.74 Å². The zero-order valence-electron chi connectivity index (χ0n) is 10.1. The first-order valence-electron chi connectivity index (χ1n) is 5.34. The van der Waals surface area contributed by atoms with E-state index in [1.54, 1.807) is 23.0 Å². The van der Waals surface area contributed by atoms with Gasteiger partial charge in [-0.1, -0.05) is 15.9 Å². The first-order chi connectivity index (χ1) is 8.58. The Morgan fingerprint density at radius 1 is 1.50 bits per heavy atom. The van der Waals surface area contributed by atoms with Gasteiger partial charge in [0.05, 0.1) is 5.56 Å². The molecule has 5 nitrogen and oxygen atoms in total. The molecule has 18 heavy (non-hydrogen) atoms. The van der Waals surface area contributed by atoms with Crippen molar-refractivity contribution in [3.05, 3.63) is 40.4 Å². The molecule has 2 aromatic rings. The van der Waals surface area contributed by atoms with Crippen LogP contribution in [0.4, 0.5) is 0 Å². The van der Waals surface area contributed by atoms with Crippen LogP contribution in [-0.4, -0.2) is 20.5 Å². The van der Waals surface area contributed by atoms with E-state index in [1.807, 2.05) is 13.1 Å². The Labute approximate surface area is 113 Å². The molecule has 0 saturated heterocycles. The molecule has 1 aromatic carbocycles. The maximum atomic E-state index is 11.5. The normalized spacial score (nSPS) is 10.4. The van der Waals surface area contributed by atoms with Crippen molar-refractivity contribution in [3.8, 4) is 5.75 Å². The van der Waals surface area contributed by atoms with E-state index in [0.717, 1.165) is 4.47 Å². The highest BCUT2D eigenvalue weighted by molar-refractivity contribution is 9.10. The molecule has 0 saturated carbocycles. The van der Waals surface area contributed by atoms with E-state index < -0.39 is 0 Å². The Bertz CT molecular complexity index is 580. The van der Waals surface area contributed by atoms with E-state index in [-0.39, 0.29) is 12.4 Å². The second kappa shape index (κ2) is 5.30. The first-order valence-corrected chi connectivity index (χ1v) is 6.13. The lowest BCUT2D eigenvalue weighted by Crippen LogP contribution is -2.05. The standard InChI is InChI=1S/C12H12BrN3O2/c1-8(17)10-4-3-9(13)5-11(10)18-6-12-15-14-7-16(12)2/h3-5,7H,6H2,1-2H3. The summed E-state index contributed by atoms with van der Waals surface area (Å²) in [6, 6.07) is 5.32. The van der Waals surface area contributed by atoms with Gasteiger partial charge in [-0.15, -0.1) is 10.2 Å². The van der Waals surface area contributed by atoms with Gasteiger partial charge in [0.15, 0.2) is 11.6 Å². The number of aromatic nitrogens is 3. The molecule has 1 aromatic heterocycles. The molecule has 0 fully saturated rings. The monoisotopic (exact) mass is 309 g/mol. The molecule has 1 heterocycles. The SMILES string of the molecule is CC(=O)c1ccc(Br)cc1OCc1nncn1C. The van der Waals surface area contributed by atoms with Crippen LogP contribution in [0.2, 0.25) is 0 Å². The lowest BCUT2D eigenvalue weighted by molar-refractivity contribution is 0.101. The molecule has 0 aliphatic carbocycles. The van der Waals surface area contributed by atoms with E-state index in [9.17, 15) is 4.79 Å². The van der Waals surface area contributed by atoms with E-state index in [0.29, 0.717) is 17.1 Å². The molecule has 0 spiro atoms. The van der Waals surface area contributed by atoms with Crippen molar-refractivity contribution in [3.63, 3.8) is 0 Å². The van der Waals surface area contributed by atoms with Gasteiger partial charge >= 0.3 is 0 Å². The number of carbonyl (C=O) groups is 1. The summed E-state index contributed by atoms with van der Waals surface area (Å²) in [4.78, 5) is 11.5. The molecule has 6 heteroatoms. The number of nitrogens with zero attached hydrogens (tertiary/aromatic N) is 3. The lowest BCUT2D eigenvalue weighted by atomic mass is 10.1. The summed E-state index contributed by atoms with van der Waals surface area (Å²) < 4.78 is 8.26. The van der Waals surface area contributed by atoms with Gasteiger partial charge in [0.2, 0.25) is 0 Å². The minimum absolute atomic E-state index is 0.0320. The smallest absolute Gasteiger partial charge is 0.170 e. The maximum Gasteiger partial charge on any atom is 0.170 e. The predicted octanol–water partition coefficient (Wildman–Crippen LogP) is 2.36. The number of ether oxygens (including phenoxy) is 1. The Morgan fingerprint density at radius 2 is 2.28 bits per heavy atom. The minimum Gasteiger partial charge on any atom is -0.485 e. The zero-order chi connectivity index (χ0) is 13.1. The molecule has 0 amide bonds. The number of hydrogen-bond donors (Lipinski definition) is 0. The van der Waals surface area contributed by atoms with Gasteiger partial charge < -0.3 is 9.30 Å². The van der Waals surface area contributed by atoms with Gasteiger partial charge in [0.1, 0.15) is 18.7 Å². The Hall–Kier alpha value is -1.69. The van der Waals surface area contributed by atoms with Crippen LogP contribution < -0.4 is 4.74 Å². The van der Waals surface area contributed by atoms with Crippen LogP contribution in [0, 0.1) is 0 Å². The fraction of sp³-hybridized carbons (Fsp3) is 0.250. The van der Waals surface area contributed by atoms with Crippen LogP contribution in [0.1, 0.15) is 23.1 Å². The quantitative estimate of drug-likeness (QED) is 0.814. The number of halogens is 1. The zero-order valence-corrected chi connectivity index (χ0v) is 11.6. The molecular formula is C12H12BrN3O2. The van der Waals surface area contributed by atoms with Crippen molar-refractivity contribution in [2.75, 3.05) is 0 Å². The van der Waals surface area contributed by atoms with Crippen LogP contribution in [0.5, 0.6) is 5.75 Å². The Morgan fingerprint density at radius 3 is 2.89 bits per heavy atom. The van der Waals surface area contributed by atoms with E-state index in [1.165, 1.54) is 6.92 Å². The van der Waals surface area contributed by atoms with Crippen LogP contribution in [0.3, 0.4) is 0 Å². The molecule has 2 rings (SSSR count). The highest BCUT2D eigenvalue weighted by Crippen LogP contribution is 2.24. The van der Waals surface area contributed by atoms with Crippen molar-refractivity contribution in [1.82, 2.24) is 14.8 Å². The van der Waals surface area contributed by atoms with Crippen molar-refractivity contribution < 1.29 is 9.53 Å². The summed E-state index contributed by atoms with van der Waals surface area (Å²) >= 11 is 3.35. The number of rotatable bonds is 4. The molecule has 0 aliphatic heterocycles. The minimum atomic E-state index is -0.0320. The first kappa shape index (κ1) is 12.8. The number of benzene rings is 1. The third kappa shape index (κ3) is 2.76. The summed E-state index contributed by atoms with van der Waals surface area (Å²) in [5.74, 6) is 1.21. The molecule has 94 valence electrons. The van der Waals surface area contributed by atoms with Crippen molar-refractivity contribution in [2.45, 2.75) is 13.5 Å². The summed E-state index contributed by atoms with van der Waals surface area (Å²) in [6.45, 7) is 1.78. The third-order valence-electron chi connectivity index (χ3n) is 2.48. The van der Waals surface area contributed by atoms with Crippen molar-refractivity contribution >= 4 is 21.7 Å². The second-order valence-electron chi connectivity index (χ2n) is 3.84. The Kier molecular flexibility index (Phi) is 3.76. The molecular weight excluding hydrogens is 298 g/mol. The largest absolute Gasteiger partial charge is 0.485 e. The molecule has 0 aliphatic rings. The predicted molar refractivity (Wildman–Crippen MR) is 69.5 cm³/mol. The van der Waals surface area contributed by atoms with Gasteiger partial charge in [-0.25, -0.2) is 0 Å². The van der Waals surface area contributed by atoms with Crippen LogP contribution in [0.15, 0.2) is 29.0 Å². The number of hydrogen-bond acceptors (Lipinski definition) is 4. The molecule has 0 bridgehead atoms. The van der Waals surface area contributed by atoms with Crippen molar-refractivity contribution in [2.24, 2.45) is 7.05 Å². The average Bonchev–Trinajstić information content (AvgIpc) is 2.72.